The number of rotatable bonds is 3. The van der Waals surface area contributed by atoms with Crippen molar-refractivity contribution in [2.45, 2.75) is 20.3 Å². The minimum absolute atomic E-state index is 0.0662. The first-order valence-electron chi connectivity index (χ1n) is 5.77. The van der Waals surface area contributed by atoms with Gasteiger partial charge in [0.05, 0.1) is 0 Å². The zero-order chi connectivity index (χ0) is 13.1. The van der Waals surface area contributed by atoms with Gasteiger partial charge < -0.3 is 15.9 Å². The van der Waals surface area contributed by atoms with Crippen LogP contribution in [-0.4, -0.2) is 11.7 Å². The van der Waals surface area contributed by atoms with Gasteiger partial charge in [0.2, 0.25) is 5.96 Å². The van der Waals surface area contributed by atoms with Crippen LogP contribution in [0.3, 0.4) is 0 Å². The SMILES string of the molecule is CCc1c(C(C)=NN=C(N)N)oc2ccccc12. The van der Waals surface area contributed by atoms with Gasteiger partial charge in [0.25, 0.3) is 0 Å². The van der Waals surface area contributed by atoms with E-state index in [0.717, 1.165) is 28.7 Å². The predicted octanol–water partition coefficient (Wildman–Crippen LogP) is 1.99. The van der Waals surface area contributed by atoms with Crippen molar-refractivity contribution in [2.24, 2.45) is 21.7 Å². The topological polar surface area (TPSA) is 89.9 Å². The molecule has 0 fully saturated rings. The maximum Gasteiger partial charge on any atom is 0.211 e. The van der Waals surface area contributed by atoms with E-state index in [1.54, 1.807) is 0 Å². The number of hydrogen-bond donors (Lipinski definition) is 2. The first-order valence-corrected chi connectivity index (χ1v) is 5.77. The van der Waals surface area contributed by atoms with Gasteiger partial charge in [0.15, 0.2) is 5.76 Å². The molecule has 1 aromatic heterocycles. The van der Waals surface area contributed by atoms with Crippen LogP contribution < -0.4 is 11.5 Å². The average molecular weight is 244 g/mol. The van der Waals surface area contributed by atoms with Crippen molar-refractivity contribution in [1.29, 1.82) is 0 Å². The van der Waals surface area contributed by atoms with Crippen LogP contribution in [0.15, 0.2) is 38.9 Å². The van der Waals surface area contributed by atoms with E-state index in [1.165, 1.54) is 0 Å². The molecule has 2 aromatic rings. The largest absolute Gasteiger partial charge is 0.454 e. The lowest BCUT2D eigenvalue weighted by atomic mass is 10.1. The Morgan fingerprint density at radius 3 is 2.61 bits per heavy atom. The number of benzene rings is 1. The molecule has 0 spiro atoms. The minimum Gasteiger partial charge on any atom is -0.454 e. The molecule has 0 aliphatic carbocycles. The second kappa shape index (κ2) is 4.91. The molecule has 0 aliphatic heterocycles. The molecule has 1 aromatic carbocycles. The molecule has 94 valence electrons. The van der Waals surface area contributed by atoms with Crippen molar-refractivity contribution in [2.75, 3.05) is 0 Å². The lowest BCUT2D eigenvalue weighted by Crippen LogP contribution is -2.22. The zero-order valence-corrected chi connectivity index (χ0v) is 10.5. The second-order valence-electron chi connectivity index (χ2n) is 3.97. The third-order valence-electron chi connectivity index (χ3n) is 2.70. The van der Waals surface area contributed by atoms with Gasteiger partial charge in [-0.1, -0.05) is 25.1 Å². The zero-order valence-electron chi connectivity index (χ0n) is 10.5. The summed E-state index contributed by atoms with van der Waals surface area (Å²) in [6.45, 7) is 3.90. The van der Waals surface area contributed by atoms with Gasteiger partial charge in [-0.3, -0.25) is 0 Å². The molecule has 5 heteroatoms. The summed E-state index contributed by atoms with van der Waals surface area (Å²) in [5, 5.41) is 8.71. The highest BCUT2D eigenvalue weighted by atomic mass is 16.3. The summed E-state index contributed by atoms with van der Waals surface area (Å²) in [4.78, 5) is 0. The Morgan fingerprint density at radius 1 is 1.22 bits per heavy atom. The molecule has 0 saturated heterocycles. The number of fused-ring (bicyclic) bond motifs is 1. The monoisotopic (exact) mass is 244 g/mol. The number of furan rings is 1. The Labute approximate surface area is 105 Å². The molecule has 0 bridgehead atoms. The van der Waals surface area contributed by atoms with Gasteiger partial charge in [0, 0.05) is 10.9 Å². The van der Waals surface area contributed by atoms with E-state index < -0.39 is 0 Å². The maximum absolute atomic E-state index is 5.80. The summed E-state index contributed by atoms with van der Waals surface area (Å²) in [6, 6.07) is 7.90. The molecule has 0 amide bonds. The standard InChI is InChI=1S/C13H16N4O/c1-3-9-10-6-4-5-7-11(10)18-12(9)8(2)16-17-13(14)15/h4-7H,3H2,1-2H3,(H4,14,15,17). The van der Waals surface area contributed by atoms with E-state index in [0.29, 0.717) is 5.71 Å². The Balaban J connectivity index is 2.57. The number of para-hydroxylation sites is 1. The predicted molar refractivity (Wildman–Crippen MR) is 73.6 cm³/mol. The molecule has 1 heterocycles. The fourth-order valence-corrected chi connectivity index (χ4v) is 1.92. The van der Waals surface area contributed by atoms with Crippen molar-refractivity contribution in [3.8, 4) is 0 Å². The van der Waals surface area contributed by atoms with Crippen LogP contribution in [0.4, 0.5) is 0 Å². The quantitative estimate of drug-likeness (QED) is 0.491. The second-order valence-corrected chi connectivity index (χ2v) is 3.97. The smallest absolute Gasteiger partial charge is 0.211 e. The normalized spacial score (nSPS) is 11.8. The van der Waals surface area contributed by atoms with Gasteiger partial charge in [-0.15, -0.1) is 10.2 Å². The summed E-state index contributed by atoms with van der Waals surface area (Å²) in [7, 11) is 0. The molecule has 5 nitrogen and oxygen atoms in total. The fourth-order valence-electron chi connectivity index (χ4n) is 1.92. The summed E-state index contributed by atoms with van der Waals surface area (Å²) in [6.07, 6.45) is 0.862. The van der Waals surface area contributed by atoms with Crippen LogP contribution >= 0.6 is 0 Å². The molecule has 0 unspecified atom stereocenters. The highest BCUT2D eigenvalue weighted by Crippen LogP contribution is 2.26. The van der Waals surface area contributed by atoms with Crippen LogP contribution in [-0.2, 0) is 6.42 Å². The molecule has 2 rings (SSSR count). The summed E-state index contributed by atoms with van der Waals surface area (Å²) >= 11 is 0. The van der Waals surface area contributed by atoms with E-state index >= 15 is 0 Å². The Bertz CT molecular complexity index is 621. The molecule has 0 atom stereocenters. The van der Waals surface area contributed by atoms with Gasteiger partial charge in [-0.25, -0.2) is 0 Å². The van der Waals surface area contributed by atoms with Crippen LogP contribution in [0.25, 0.3) is 11.0 Å². The van der Waals surface area contributed by atoms with E-state index in [1.807, 2.05) is 31.2 Å². The van der Waals surface area contributed by atoms with Gasteiger partial charge in [0.1, 0.15) is 11.3 Å². The summed E-state index contributed by atoms with van der Waals surface area (Å²) in [5.41, 5.74) is 13.1. The highest BCUT2D eigenvalue weighted by Gasteiger charge is 2.14. The Kier molecular flexibility index (Phi) is 3.32. The number of hydrogen-bond acceptors (Lipinski definition) is 3. The van der Waals surface area contributed by atoms with Gasteiger partial charge in [-0.2, -0.15) is 0 Å². The van der Waals surface area contributed by atoms with Crippen molar-refractivity contribution >= 4 is 22.6 Å². The fraction of sp³-hybridized carbons (Fsp3) is 0.231. The van der Waals surface area contributed by atoms with Crippen molar-refractivity contribution < 1.29 is 4.42 Å². The van der Waals surface area contributed by atoms with Gasteiger partial charge >= 0.3 is 0 Å². The third-order valence-corrected chi connectivity index (χ3v) is 2.70. The average Bonchev–Trinajstić information content (AvgIpc) is 2.74. The van der Waals surface area contributed by atoms with Crippen molar-refractivity contribution in [3.63, 3.8) is 0 Å². The highest BCUT2D eigenvalue weighted by molar-refractivity contribution is 6.02. The van der Waals surface area contributed by atoms with Crippen LogP contribution in [0.1, 0.15) is 25.2 Å². The van der Waals surface area contributed by atoms with E-state index in [9.17, 15) is 0 Å². The molecule has 4 N–H and O–H groups in total. The van der Waals surface area contributed by atoms with Crippen LogP contribution in [0.2, 0.25) is 0 Å². The molecule has 18 heavy (non-hydrogen) atoms. The molecule has 0 aliphatic rings. The van der Waals surface area contributed by atoms with Crippen molar-refractivity contribution in [3.05, 3.63) is 35.6 Å². The molecule has 0 radical (unpaired) electrons. The third kappa shape index (κ3) is 2.20. The lowest BCUT2D eigenvalue weighted by Gasteiger charge is -1.97. The summed E-state index contributed by atoms with van der Waals surface area (Å²) in [5.74, 6) is 0.673. The van der Waals surface area contributed by atoms with Crippen molar-refractivity contribution in [1.82, 2.24) is 0 Å². The Hall–Kier alpha value is -2.30. The van der Waals surface area contributed by atoms with Crippen LogP contribution in [0, 0.1) is 0 Å². The first-order chi connectivity index (χ1) is 8.63. The number of guanidine groups is 1. The van der Waals surface area contributed by atoms with E-state index in [-0.39, 0.29) is 5.96 Å². The maximum atomic E-state index is 5.80. The number of nitrogens with zero attached hydrogens (tertiary/aromatic N) is 2. The Morgan fingerprint density at radius 2 is 1.94 bits per heavy atom. The molecular formula is C13H16N4O. The summed E-state index contributed by atoms with van der Waals surface area (Å²) < 4.78 is 5.80. The number of nitrogens with two attached hydrogens (primary N) is 2. The minimum atomic E-state index is -0.0662. The van der Waals surface area contributed by atoms with E-state index in [2.05, 4.69) is 17.1 Å². The first kappa shape index (κ1) is 12.2. The van der Waals surface area contributed by atoms with Gasteiger partial charge in [-0.05, 0) is 19.4 Å². The molecular weight excluding hydrogens is 228 g/mol. The molecule has 0 saturated carbocycles. The van der Waals surface area contributed by atoms with E-state index in [4.69, 9.17) is 15.9 Å². The lowest BCUT2D eigenvalue weighted by molar-refractivity contribution is 0.599. The van der Waals surface area contributed by atoms with Crippen LogP contribution in [0.5, 0.6) is 0 Å². The number of aryl methyl sites for hydroxylation is 1.